The molecule has 7 heteroatoms. The number of rotatable bonds is 4. The summed E-state index contributed by atoms with van der Waals surface area (Å²) in [6.45, 7) is 0. The molecule has 0 aliphatic heterocycles. The van der Waals surface area contributed by atoms with Crippen LogP contribution >= 0.6 is 0 Å². The van der Waals surface area contributed by atoms with Gasteiger partial charge >= 0.3 is 0 Å². The van der Waals surface area contributed by atoms with Gasteiger partial charge in [0.1, 0.15) is 11.2 Å². The van der Waals surface area contributed by atoms with Gasteiger partial charge in [0.15, 0.2) is 5.82 Å². The van der Waals surface area contributed by atoms with Crippen molar-refractivity contribution in [1.29, 1.82) is 0 Å². The van der Waals surface area contributed by atoms with Crippen LogP contribution in [-0.4, -0.2) is 28.7 Å². The highest BCUT2D eigenvalue weighted by Gasteiger charge is 2.44. The zero-order valence-electron chi connectivity index (χ0n) is 38.5. The van der Waals surface area contributed by atoms with Crippen molar-refractivity contribution in [3.63, 3.8) is 0 Å². The molecule has 3 aliphatic rings. The Morgan fingerprint density at radius 1 is 0.319 bits per heavy atom. The molecule has 0 amide bonds. The zero-order valence-corrected chi connectivity index (χ0v) is 38.5. The number of furan rings is 1. The van der Waals surface area contributed by atoms with Crippen LogP contribution in [0.25, 0.3) is 116 Å². The van der Waals surface area contributed by atoms with Crippen molar-refractivity contribution < 1.29 is 4.42 Å². The highest BCUT2D eigenvalue weighted by atomic mass is 16.3. The fraction of sp³-hybridized carbons (Fsp3) is 0.0308. The molecule has 15 aromatic rings. The Hall–Kier alpha value is -9.59. The maximum absolute atomic E-state index is 6.32. The maximum atomic E-state index is 6.32. The van der Waals surface area contributed by atoms with E-state index in [0.29, 0.717) is 17.7 Å². The second kappa shape index (κ2) is 14.0. The van der Waals surface area contributed by atoms with Gasteiger partial charge in [0.25, 0.3) is 0 Å². The first-order valence-corrected chi connectivity index (χ1v) is 24.7. The lowest BCUT2D eigenvalue weighted by Gasteiger charge is -2.43. The SMILES string of the molecule is c1ccc(-n2c3ccccc3c3c4c(ccc32)C2c3ccccc3C4c3c2ccc2c3c3ccccc3n2-c2nc(-c3ccc4oc5ccccc5c4c3)nc(-n3c4ccccc4c4ccccc43)n2)cc1. The molecular formula is C65H38N6O. The van der Waals surface area contributed by atoms with Gasteiger partial charge in [-0.2, -0.15) is 15.0 Å². The molecule has 334 valence electrons. The van der Waals surface area contributed by atoms with Gasteiger partial charge in [-0.05, 0) is 106 Å². The summed E-state index contributed by atoms with van der Waals surface area (Å²) >= 11 is 0. The Balaban J connectivity index is 0.967. The van der Waals surface area contributed by atoms with E-state index in [-0.39, 0.29) is 11.8 Å². The van der Waals surface area contributed by atoms with E-state index >= 15 is 0 Å². The Labute approximate surface area is 411 Å². The average Bonchev–Trinajstić information content (AvgIpc) is 4.20. The molecule has 2 atom stereocenters. The van der Waals surface area contributed by atoms with Crippen molar-refractivity contribution >= 4 is 87.4 Å². The van der Waals surface area contributed by atoms with Crippen LogP contribution in [0.2, 0.25) is 0 Å². The smallest absolute Gasteiger partial charge is 0.240 e. The van der Waals surface area contributed by atoms with Gasteiger partial charge in [0.2, 0.25) is 11.9 Å². The Morgan fingerprint density at radius 2 is 0.792 bits per heavy atom. The average molecular weight is 919 g/mol. The third-order valence-electron chi connectivity index (χ3n) is 15.9. The van der Waals surface area contributed by atoms with Gasteiger partial charge in [-0.3, -0.25) is 9.13 Å². The van der Waals surface area contributed by atoms with Crippen molar-refractivity contribution in [2.45, 2.75) is 11.8 Å². The van der Waals surface area contributed by atoms with Crippen molar-refractivity contribution in [3.05, 3.63) is 252 Å². The van der Waals surface area contributed by atoms with Crippen molar-refractivity contribution in [2.24, 2.45) is 0 Å². The molecule has 5 heterocycles. The Kier molecular flexibility index (Phi) is 7.46. The quantitative estimate of drug-likeness (QED) is 0.176. The van der Waals surface area contributed by atoms with Gasteiger partial charge in [-0.15, -0.1) is 0 Å². The van der Waals surface area contributed by atoms with Gasteiger partial charge in [-0.1, -0.05) is 146 Å². The lowest BCUT2D eigenvalue weighted by Crippen LogP contribution is -2.28. The molecular weight excluding hydrogens is 881 g/mol. The summed E-state index contributed by atoms with van der Waals surface area (Å²) in [5, 5.41) is 9.34. The third kappa shape index (κ3) is 4.96. The molecule has 2 unspecified atom stereocenters. The van der Waals surface area contributed by atoms with Crippen LogP contribution in [0.1, 0.15) is 45.2 Å². The Bertz CT molecular complexity index is 4790. The molecule has 0 radical (unpaired) electrons. The minimum Gasteiger partial charge on any atom is -0.456 e. The zero-order chi connectivity index (χ0) is 46.8. The monoisotopic (exact) mass is 918 g/mol. The number of benzene rings is 10. The number of nitrogens with zero attached hydrogens (tertiary/aromatic N) is 6. The highest BCUT2D eigenvalue weighted by Crippen LogP contribution is 2.60. The molecule has 0 fully saturated rings. The van der Waals surface area contributed by atoms with E-state index in [1.54, 1.807) is 0 Å². The fourth-order valence-corrected chi connectivity index (χ4v) is 13.1. The van der Waals surface area contributed by atoms with Crippen molar-refractivity contribution in [1.82, 2.24) is 28.7 Å². The summed E-state index contributed by atoms with van der Waals surface area (Å²) in [4.78, 5) is 16.5. The summed E-state index contributed by atoms with van der Waals surface area (Å²) in [7, 11) is 0. The molecule has 3 aliphatic carbocycles. The van der Waals surface area contributed by atoms with E-state index in [4.69, 9.17) is 19.4 Å². The first kappa shape index (κ1) is 38.3. The number of fused-ring (bicyclic) bond motifs is 12. The van der Waals surface area contributed by atoms with E-state index < -0.39 is 0 Å². The van der Waals surface area contributed by atoms with E-state index in [2.05, 4.69) is 214 Å². The van der Waals surface area contributed by atoms with E-state index in [1.165, 1.54) is 66.0 Å². The highest BCUT2D eigenvalue weighted by molar-refractivity contribution is 6.16. The predicted octanol–water partition coefficient (Wildman–Crippen LogP) is 15.7. The summed E-state index contributed by atoms with van der Waals surface area (Å²) < 4.78 is 13.3. The summed E-state index contributed by atoms with van der Waals surface area (Å²) in [5.74, 6) is 1.71. The number of para-hydroxylation sites is 6. The first-order valence-electron chi connectivity index (χ1n) is 24.7. The molecule has 10 aromatic carbocycles. The van der Waals surface area contributed by atoms with Crippen LogP contribution < -0.4 is 0 Å². The summed E-state index contributed by atoms with van der Waals surface area (Å²) in [5.41, 5.74) is 18.6. The fourth-order valence-electron chi connectivity index (χ4n) is 13.1. The van der Waals surface area contributed by atoms with E-state index in [0.717, 1.165) is 66.0 Å². The second-order valence-corrected chi connectivity index (χ2v) is 19.4. The van der Waals surface area contributed by atoms with E-state index in [9.17, 15) is 0 Å². The van der Waals surface area contributed by atoms with Gasteiger partial charge in [0, 0.05) is 66.2 Å². The van der Waals surface area contributed by atoms with Crippen LogP contribution in [0, 0.1) is 0 Å². The predicted molar refractivity (Wildman–Crippen MR) is 290 cm³/mol. The van der Waals surface area contributed by atoms with Crippen LogP contribution in [-0.2, 0) is 0 Å². The summed E-state index contributed by atoms with van der Waals surface area (Å²) in [6, 6.07) is 78.8. The largest absolute Gasteiger partial charge is 0.456 e. The van der Waals surface area contributed by atoms with Crippen LogP contribution in [0.3, 0.4) is 0 Å². The summed E-state index contributed by atoms with van der Waals surface area (Å²) in [6.07, 6.45) is 0. The van der Waals surface area contributed by atoms with Crippen LogP contribution in [0.4, 0.5) is 0 Å². The standard InChI is InChI=1S/C65H38N6O/c1-2-16-38(17-3-1)69-51-27-13-8-23-44(51)58-53(69)33-31-46-57-42-21-4-5-22-43(42)60(61(46)58)62-47(57)32-34-54-59(62)45-24-9-14-28-52(45)71(54)65-67-63(37-30-35-56-48(36-37)41-20-10-15-29-55(41)72-56)66-64(68-65)70-49-25-11-6-18-39(49)40-19-7-12-26-50(40)70/h1-36,57,60H. The number of hydrogen-bond donors (Lipinski definition) is 0. The molecule has 0 spiro atoms. The minimum atomic E-state index is -0.0310. The van der Waals surface area contributed by atoms with E-state index in [1.807, 2.05) is 18.2 Å². The van der Waals surface area contributed by atoms with Crippen molar-refractivity contribution in [3.8, 4) is 29.0 Å². The molecule has 0 saturated heterocycles. The maximum Gasteiger partial charge on any atom is 0.240 e. The molecule has 0 N–H and O–H groups in total. The van der Waals surface area contributed by atoms with Gasteiger partial charge < -0.3 is 8.98 Å². The molecule has 18 rings (SSSR count). The first-order chi connectivity index (χ1) is 35.7. The topological polar surface area (TPSA) is 66.6 Å². The van der Waals surface area contributed by atoms with Gasteiger partial charge in [0.05, 0.1) is 33.1 Å². The molecule has 72 heavy (non-hydrogen) atoms. The van der Waals surface area contributed by atoms with Crippen molar-refractivity contribution in [2.75, 3.05) is 0 Å². The minimum absolute atomic E-state index is 0.0310. The normalized spacial score (nSPS) is 14.9. The van der Waals surface area contributed by atoms with Crippen LogP contribution in [0.5, 0.6) is 0 Å². The third-order valence-corrected chi connectivity index (χ3v) is 15.9. The molecule has 5 aromatic heterocycles. The molecule has 7 nitrogen and oxygen atoms in total. The number of hydrogen-bond acceptors (Lipinski definition) is 4. The Morgan fingerprint density at radius 3 is 1.43 bits per heavy atom. The lowest BCUT2D eigenvalue weighted by molar-refractivity contribution is 0.669. The molecule has 2 bridgehead atoms. The van der Waals surface area contributed by atoms with Crippen LogP contribution in [0.15, 0.2) is 223 Å². The second-order valence-electron chi connectivity index (χ2n) is 19.4. The lowest BCUT2D eigenvalue weighted by atomic mass is 9.59. The molecule has 0 saturated carbocycles. The van der Waals surface area contributed by atoms with Gasteiger partial charge in [-0.25, -0.2) is 0 Å². The number of aromatic nitrogens is 6.